The molecule has 134 valence electrons. The van der Waals surface area contributed by atoms with E-state index in [-0.39, 0.29) is 34.8 Å². The van der Waals surface area contributed by atoms with E-state index in [4.69, 9.17) is 14.2 Å². The molecular weight excluding hydrogens is 336 g/mol. The smallest absolute Gasteiger partial charge is 0.339 e. The van der Waals surface area contributed by atoms with Crippen LogP contribution in [0.1, 0.15) is 20.7 Å². The fraction of sp³-hybridized carbons (Fsp3) is 0.400. The Bertz CT molecular complexity index is 834. The SMILES string of the molecule is O=C(O)c1ccccc1C(=O)OC1C=CC2C1C1C=CC2C12OCCO2. The van der Waals surface area contributed by atoms with Crippen molar-refractivity contribution in [1.29, 1.82) is 0 Å². The lowest BCUT2D eigenvalue weighted by Gasteiger charge is -2.30. The van der Waals surface area contributed by atoms with Gasteiger partial charge in [-0.25, -0.2) is 9.59 Å². The van der Waals surface area contributed by atoms with E-state index in [1.807, 2.05) is 6.08 Å². The Balaban J connectivity index is 1.40. The van der Waals surface area contributed by atoms with E-state index in [1.165, 1.54) is 12.1 Å². The molecule has 2 bridgehead atoms. The number of hydrogen-bond acceptors (Lipinski definition) is 5. The Hall–Kier alpha value is -2.44. The second-order valence-corrected chi connectivity index (χ2v) is 7.12. The van der Waals surface area contributed by atoms with E-state index in [0.29, 0.717) is 13.2 Å². The van der Waals surface area contributed by atoms with Crippen LogP contribution >= 0.6 is 0 Å². The number of ether oxygens (including phenoxy) is 3. The average molecular weight is 354 g/mol. The molecule has 1 aromatic carbocycles. The summed E-state index contributed by atoms with van der Waals surface area (Å²) in [6, 6.07) is 6.10. The molecule has 5 rings (SSSR count). The van der Waals surface area contributed by atoms with Crippen LogP contribution in [0.5, 0.6) is 0 Å². The number of carboxylic acids is 1. The monoisotopic (exact) mass is 354 g/mol. The van der Waals surface area contributed by atoms with Gasteiger partial charge < -0.3 is 19.3 Å². The third-order valence-corrected chi connectivity index (χ3v) is 5.99. The summed E-state index contributed by atoms with van der Waals surface area (Å²) < 4.78 is 17.7. The summed E-state index contributed by atoms with van der Waals surface area (Å²) in [5, 5.41) is 9.29. The number of aromatic carboxylic acids is 1. The van der Waals surface area contributed by atoms with Crippen molar-refractivity contribution in [2.24, 2.45) is 23.7 Å². The topological polar surface area (TPSA) is 82.1 Å². The number of allylic oxidation sites excluding steroid dienone is 1. The molecule has 0 radical (unpaired) electrons. The van der Waals surface area contributed by atoms with E-state index in [1.54, 1.807) is 12.1 Å². The van der Waals surface area contributed by atoms with Crippen molar-refractivity contribution >= 4 is 11.9 Å². The van der Waals surface area contributed by atoms with Gasteiger partial charge in [-0.2, -0.15) is 0 Å². The third-order valence-electron chi connectivity index (χ3n) is 5.99. The molecule has 0 amide bonds. The van der Waals surface area contributed by atoms with Gasteiger partial charge in [-0.15, -0.1) is 0 Å². The second-order valence-electron chi connectivity index (χ2n) is 7.12. The Labute approximate surface area is 150 Å². The quantitative estimate of drug-likeness (QED) is 0.662. The van der Waals surface area contributed by atoms with Crippen LogP contribution in [0.25, 0.3) is 0 Å². The highest BCUT2D eigenvalue weighted by Crippen LogP contribution is 2.61. The molecule has 1 saturated carbocycles. The minimum atomic E-state index is -1.15. The molecule has 1 heterocycles. The molecule has 1 aliphatic heterocycles. The number of carbonyl (C=O) groups excluding carboxylic acids is 1. The first-order chi connectivity index (χ1) is 12.6. The molecule has 2 fully saturated rings. The third kappa shape index (κ3) is 2.00. The van der Waals surface area contributed by atoms with Gasteiger partial charge in [-0.3, -0.25) is 0 Å². The summed E-state index contributed by atoms with van der Waals surface area (Å²) in [5.74, 6) is -1.96. The Morgan fingerprint density at radius 3 is 2.42 bits per heavy atom. The highest BCUT2D eigenvalue weighted by Gasteiger charge is 2.67. The molecule has 26 heavy (non-hydrogen) atoms. The number of esters is 1. The van der Waals surface area contributed by atoms with Crippen LogP contribution in [0.3, 0.4) is 0 Å². The molecule has 6 heteroatoms. The summed E-state index contributed by atoms with van der Waals surface area (Å²) in [4.78, 5) is 24.0. The van der Waals surface area contributed by atoms with Gasteiger partial charge in [0.25, 0.3) is 0 Å². The zero-order valence-electron chi connectivity index (χ0n) is 13.9. The van der Waals surface area contributed by atoms with Gasteiger partial charge in [-0.05, 0) is 24.1 Å². The van der Waals surface area contributed by atoms with Crippen LogP contribution in [0, 0.1) is 23.7 Å². The maximum absolute atomic E-state index is 12.6. The first kappa shape index (κ1) is 15.8. The van der Waals surface area contributed by atoms with E-state index < -0.39 is 23.8 Å². The number of hydrogen-bond donors (Lipinski definition) is 1. The van der Waals surface area contributed by atoms with Gasteiger partial charge in [0.1, 0.15) is 6.10 Å². The largest absolute Gasteiger partial charge is 0.478 e. The zero-order valence-corrected chi connectivity index (χ0v) is 13.9. The van der Waals surface area contributed by atoms with Gasteiger partial charge >= 0.3 is 11.9 Å². The molecule has 0 aromatic heterocycles. The number of carbonyl (C=O) groups is 2. The Morgan fingerprint density at radius 2 is 1.69 bits per heavy atom. The van der Waals surface area contributed by atoms with E-state index in [9.17, 15) is 14.7 Å². The molecule has 1 N–H and O–H groups in total. The summed E-state index contributed by atoms with van der Waals surface area (Å²) in [7, 11) is 0. The van der Waals surface area contributed by atoms with E-state index in [2.05, 4.69) is 18.2 Å². The fourth-order valence-corrected chi connectivity index (χ4v) is 5.02. The molecule has 3 aliphatic carbocycles. The average Bonchev–Trinajstić information content (AvgIpc) is 3.40. The molecule has 5 atom stereocenters. The van der Waals surface area contributed by atoms with Gasteiger partial charge in [0.05, 0.1) is 24.3 Å². The van der Waals surface area contributed by atoms with Crippen molar-refractivity contribution in [3.8, 4) is 0 Å². The van der Waals surface area contributed by atoms with Crippen molar-refractivity contribution in [2.75, 3.05) is 13.2 Å². The van der Waals surface area contributed by atoms with Gasteiger partial charge in [0.2, 0.25) is 0 Å². The predicted molar refractivity (Wildman–Crippen MR) is 89.5 cm³/mol. The lowest BCUT2D eigenvalue weighted by atomic mass is 9.84. The van der Waals surface area contributed by atoms with Crippen LogP contribution in [0.4, 0.5) is 0 Å². The molecule has 1 spiro atoms. The van der Waals surface area contributed by atoms with Crippen LogP contribution < -0.4 is 0 Å². The molecule has 5 unspecified atom stereocenters. The van der Waals surface area contributed by atoms with Crippen molar-refractivity contribution in [2.45, 2.75) is 11.9 Å². The molecule has 6 nitrogen and oxygen atoms in total. The standard InChI is InChI=1S/C20H18O6/c21-18(22)11-3-1-2-4-12(11)19(23)26-16-8-5-13-14-6-7-15(17(13)16)20(14)24-9-10-25-20/h1-8,13-17H,9-10H2,(H,21,22). The van der Waals surface area contributed by atoms with Gasteiger partial charge in [-0.1, -0.05) is 30.4 Å². The molecule has 1 saturated heterocycles. The number of rotatable bonds is 3. The number of benzene rings is 1. The first-order valence-electron chi connectivity index (χ1n) is 8.80. The van der Waals surface area contributed by atoms with Crippen LogP contribution in [0.2, 0.25) is 0 Å². The van der Waals surface area contributed by atoms with Crippen molar-refractivity contribution in [1.82, 2.24) is 0 Å². The summed E-state index contributed by atoms with van der Waals surface area (Å²) in [5.41, 5.74) is 0.0152. The Kier molecular flexibility index (Phi) is 3.36. The Morgan fingerprint density at radius 1 is 1.00 bits per heavy atom. The molecular formula is C20H18O6. The maximum atomic E-state index is 12.6. The van der Waals surface area contributed by atoms with Crippen LogP contribution in [0.15, 0.2) is 48.6 Å². The van der Waals surface area contributed by atoms with Crippen molar-refractivity contribution in [3.63, 3.8) is 0 Å². The normalized spacial score (nSPS) is 35.2. The maximum Gasteiger partial charge on any atom is 0.339 e. The van der Waals surface area contributed by atoms with Gasteiger partial charge in [0.15, 0.2) is 5.79 Å². The summed E-state index contributed by atoms with van der Waals surface area (Å²) in [6.45, 7) is 1.16. The van der Waals surface area contributed by atoms with E-state index >= 15 is 0 Å². The fourth-order valence-electron chi connectivity index (χ4n) is 5.02. The minimum absolute atomic E-state index is 0.0301. The van der Waals surface area contributed by atoms with Crippen LogP contribution in [-0.2, 0) is 14.2 Å². The highest BCUT2D eigenvalue weighted by atomic mass is 16.7. The number of fused-ring (bicyclic) bond motifs is 3. The molecule has 4 aliphatic rings. The number of carboxylic acid groups (broad SMARTS) is 1. The first-order valence-corrected chi connectivity index (χ1v) is 8.80. The lowest BCUT2D eigenvalue weighted by molar-refractivity contribution is -0.189. The van der Waals surface area contributed by atoms with Crippen molar-refractivity contribution < 1.29 is 28.9 Å². The predicted octanol–water partition coefficient (Wildman–Crippen LogP) is 2.27. The minimum Gasteiger partial charge on any atom is -0.478 e. The lowest BCUT2D eigenvalue weighted by Crippen LogP contribution is -2.39. The second kappa shape index (κ2) is 5.53. The van der Waals surface area contributed by atoms with Crippen LogP contribution in [-0.4, -0.2) is 42.1 Å². The highest BCUT2D eigenvalue weighted by molar-refractivity contribution is 6.02. The zero-order chi connectivity index (χ0) is 17.9. The van der Waals surface area contributed by atoms with Crippen molar-refractivity contribution in [3.05, 3.63) is 59.7 Å². The summed E-state index contributed by atoms with van der Waals surface area (Å²) >= 11 is 0. The van der Waals surface area contributed by atoms with E-state index in [0.717, 1.165) is 0 Å². The van der Waals surface area contributed by atoms with Gasteiger partial charge in [0, 0.05) is 17.8 Å². The molecule has 1 aromatic rings. The summed E-state index contributed by atoms with van der Waals surface area (Å²) in [6.07, 6.45) is 7.82.